The quantitative estimate of drug-likeness (QED) is 0.824. The lowest BCUT2D eigenvalue weighted by Crippen LogP contribution is -2.14. The van der Waals surface area contributed by atoms with Gasteiger partial charge in [-0.3, -0.25) is 0 Å². The first kappa shape index (κ1) is 14.4. The summed E-state index contributed by atoms with van der Waals surface area (Å²) in [5.41, 5.74) is 4.88. The van der Waals surface area contributed by atoms with Gasteiger partial charge in [0, 0.05) is 23.6 Å². The molecule has 2 aromatic carbocycles. The lowest BCUT2D eigenvalue weighted by atomic mass is 9.96. The van der Waals surface area contributed by atoms with Crippen molar-refractivity contribution in [2.24, 2.45) is 0 Å². The van der Waals surface area contributed by atoms with E-state index in [1.807, 2.05) is 12.1 Å². The Morgan fingerprint density at radius 2 is 2.10 bits per heavy atom. The van der Waals surface area contributed by atoms with Gasteiger partial charge < -0.3 is 10.1 Å². The maximum absolute atomic E-state index is 6.22. The van der Waals surface area contributed by atoms with Crippen molar-refractivity contribution in [1.82, 2.24) is 5.32 Å². The molecule has 0 saturated carbocycles. The fraction of sp³-hybridized carbons (Fsp3) is 0.333. The van der Waals surface area contributed by atoms with Crippen LogP contribution in [0.1, 0.15) is 24.5 Å². The van der Waals surface area contributed by atoms with Gasteiger partial charge in [-0.2, -0.15) is 0 Å². The SMILES string of the molecule is CCCNCc1ccc(Cl)cc1-c1cccc2c1OCC2. The van der Waals surface area contributed by atoms with Crippen LogP contribution in [-0.4, -0.2) is 13.2 Å². The van der Waals surface area contributed by atoms with Crippen LogP contribution in [0.15, 0.2) is 36.4 Å². The molecule has 0 amide bonds. The molecule has 110 valence electrons. The molecule has 0 unspecified atom stereocenters. The third-order valence-corrected chi connectivity index (χ3v) is 4.05. The molecule has 1 heterocycles. The molecule has 3 rings (SSSR count). The van der Waals surface area contributed by atoms with Crippen molar-refractivity contribution in [1.29, 1.82) is 0 Å². The van der Waals surface area contributed by atoms with Crippen molar-refractivity contribution in [2.45, 2.75) is 26.3 Å². The Kier molecular flexibility index (Phi) is 4.47. The van der Waals surface area contributed by atoms with E-state index in [0.29, 0.717) is 0 Å². The van der Waals surface area contributed by atoms with Crippen molar-refractivity contribution in [3.8, 4) is 16.9 Å². The van der Waals surface area contributed by atoms with Crippen molar-refractivity contribution in [2.75, 3.05) is 13.2 Å². The van der Waals surface area contributed by atoms with Gasteiger partial charge >= 0.3 is 0 Å². The first-order valence-electron chi connectivity index (χ1n) is 7.54. The average Bonchev–Trinajstić information content (AvgIpc) is 2.97. The molecule has 1 N–H and O–H groups in total. The molecular weight excluding hydrogens is 282 g/mol. The second kappa shape index (κ2) is 6.50. The molecule has 0 spiro atoms. The molecule has 0 aliphatic carbocycles. The van der Waals surface area contributed by atoms with Gasteiger partial charge in [-0.05, 0) is 41.8 Å². The minimum Gasteiger partial charge on any atom is -0.492 e. The summed E-state index contributed by atoms with van der Waals surface area (Å²) in [6.07, 6.45) is 2.12. The second-order valence-electron chi connectivity index (χ2n) is 5.37. The average molecular weight is 302 g/mol. The topological polar surface area (TPSA) is 21.3 Å². The monoisotopic (exact) mass is 301 g/mol. The Morgan fingerprint density at radius 3 is 2.95 bits per heavy atom. The van der Waals surface area contributed by atoms with Crippen LogP contribution in [0.2, 0.25) is 5.02 Å². The number of para-hydroxylation sites is 1. The lowest BCUT2D eigenvalue weighted by molar-refractivity contribution is 0.358. The number of hydrogen-bond donors (Lipinski definition) is 1. The number of nitrogens with one attached hydrogen (secondary N) is 1. The predicted octanol–water partition coefficient (Wildman–Crippen LogP) is 4.44. The minimum atomic E-state index is 0.764. The fourth-order valence-electron chi connectivity index (χ4n) is 2.78. The molecule has 0 radical (unpaired) electrons. The summed E-state index contributed by atoms with van der Waals surface area (Å²) < 4.78 is 5.84. The van der Waals surface area contributed by atoms with Crippen LogP contribution in [0.3, 0.4) is 0 Å². The van der Waals surface area contributed by atoms with Crippen LogP contribution < -0.4 is 10.1 Å². The van der Waals surface area contributed by atoms with Gasteiger partial charge in [0.25, 0.3) is 0 Å². The van der Waals surface area contributed by atoms with E-state index in [9.17, 15) is 0 Å². The van der Waals surface area contributed by atoms with Crippen molar-refractivity contribution < 1.29 is 4.74 Å². The second-order valence-corrected chi connectivity index (χ2v) is 5.81. The summed E-state index contributed by atoms with van der Waals surface area (Å²) in [7, 11) is 0. The van der Waals surface area contributed by atoms with Crippen LogP contribution in [0.4, 0.5) is 0 Å². The normalized spacial score (nSPS) is 13.0. The van der Waals surface area contributed by atoms with E-state index in [-0.39, 0.29) is 0 Å². The lowest BCUT2D eigenvalue weighted by Gasteiger charge is -2.14. The molecule has 0 aromatic heterocycles. The highest BCUT2D eigenvalue weighted by molar-refractivity contribution is 6.30. The molecule has 2 nitrogen and oxygen atoms in total. The van der Waals surface area contributed by atoms with E-state index in [1.54, 1.807) is 0 Å². The molecule has 2 aromatic rings. The summed E-state index contributed by atoms with van der Waals surface area (Å²) in [6, 6.07) is 12.5. The minimum absolute atomic E-state index is 0.764. The van der Waals surface area contributed by atoms with Gasteiger partial charge in [-0.25, -0.2) is 0 Å². The fourth-order valence-corrected chi connectivity index (χ4v) is 2.95. The molecule has 3 heteroatoms. The Balaban J connectivity index is 2.01. The molecule has 1 aliphatic heterocycles. The number of benzene rings is 2. The molecule has 21 heavy (non-hydrogen) atoms. The largest absolute Gasteiger partial charge is 0.492 e. The first-order chi connectivity index (χ1) is 10.3. The van der Waals surface area contributed by atoms with E-state index in [1.165, 1.54) is 16.7 Å². The van der Waals surface area contributed by atoms with E-state index in [4.69, 9.17) is 16.3 Å². The van der Waals surface area contributed by atoms with Gasteiger partial charge in [0.05, 0.1) is 6.61 Å². The maximum Gasteiger partial charge on any atom is 0.130 e. The highest BCUT2D eigenvalue weighted by atomic mass is 35.5. The Bertz CT molecular complexity index is 639. The summed E-state index contributed by atoms with van der Waals surface area (Å²) in [6.45, 7) is 4.82. The first-order valence-corrected chi connectivity index (χ1v) is 7.91. The third kappa shape index (κ3) is 3.07. The van der Waals surface area contributed by atoms with Crippen LogP contribution in [0.25, 0.3) is 11.1 Å². The summed E-state index contributed by atoms with van der Waals surface area (Å²) in [5.74, 6) is 1.02. The predicted molar refractivity (Wildman–Crippen MR) is 88.1 cm³/mol. The van der Waals surface area contributed by atoms with E-state index < -0.39 is 0 Å². The smallest absolute Gasteiger partial charge is 0.130 e. The zero-order valence-corrected chi connectivity index (χ0v) is 13.0. The van der Waals surface area contributed by atoms with Gasteiger partial charge in [0.15, 0.2) is 0 Å². The van der Waals surface area contributed by atoms with Crippen LogP contribution in [0.5, 0.6) is 5.75 Å². The highest BCUT2D eigenvalue weighted by Crippen LogP contribution is 2.39. The summed E-state index contributed by atoms with van der Waals surface area (Å²) in [5, 5.41) is 4.23. The molecule has 0 atom stereocenters. The van der Waals surface area contributed by atoms with E-state index in [2.05, 4.69) is 36.5 Å². The van der Waals surface area contributed by atoms with Crippen LogP contribution in [0, 0.1) is 0 Å². The molecular formula is C18H20ClNO. The Labute approximate surface area is 131 Å². The van der Waals surface area contributed by atoms with Gasteiger partial charge in [-0.15, -0.1) is 0 Å². The maximum atomic E-state index is 6.22. The number of fused-ring (bicyclic) bond motifs is 1. The molecule has 0 fully saturated rings. The number of ether oxygens (including phenoxy) is 1. The summed E-state index contributed by atoms with van der Waals surface area (Å²) in [4.78, 5) is 0. The highest BCUT2D eigenvalue weighted by Gasteiger charge is 2.18. The van der Waals surface area contributed by atoms with Crippen molar-refractivity contribution in [3.05, 3.63) is 52.5 Å². The molecule has 1 aliphatic rings. The molecule has 0 bridgehead atoms. The van der Waals surface area contributed by atoms with Crippen LogP contribution >= 0.6 is 11.6 Å². The van der Waals surface area contributed by atoms with Crippen molar-refractivity contribution >= 4 is 11.6 Å². The Morgan fingerprint density at radius 1 is 1.19 bits per heavy atom. The van der Waals surface area contributed by atoms with Gasteiger partial charge in [0.2, 0.25) is 0 Å². The van der Waals surface area contributed by atoms with E-state index in [0.717, 1.165) is 48.9 Å². The van der Waals surface area contributed by atoms with Gasteiger partial charge in [-0.1, -0.05) is 42.8 Å². The van der Waals surface area contributed by atoms with Gasteiger partial charge in [0.1, 0.15) is 5.75 Å². The molecule has 0 saturated heterocycles. The third-order valence-electron chi connectivity index (χ3n) is 3.82. The Hall–Kier alpha value is -1.51. The zero-order chi connectivity index (χ0) is 14.7. The number of halogens is 1. The number of hydrogen-bond acceptors (Lipinski definition) is 2. The zero-order valence-electron chi connectivity index (χ0n) is 12.3. The standard InChI is InChI=1S/C18H20ClNO/c1-2-9-20-12-14-6-7-15(19)11-17(14)16-5-3-4-13-8-10-21-18(13)16/h3-7,11,20H,2,8-10,12H2,1H3. The van der Waals surface area contributed by atoms with Crippen LogP contribution in [-0.2, 0) is 13.0 Å². The summed E-state index contributed by atoms with van der Waals surface area (Å²) >= 11 is 6.22. The number of rotatable bonds is 5. The van der Waals surface area contributed by atoms with Crippen molar-refractivity contribution in [3.63, 3.8) is 0 Å². The van der Waals surface area contributed by atoms with E-state index >= 15 is 0 Å².